The third-order valence-corrected chi connectivity index (χ3v) is 3.64. The summed E-state index contributed by atoms with van der Waals surface area (Å²) in [5.74, 6) is 0.237. The van der Waals surface area contributed by atoms with E-state index >= 15 is 0 Å². The molecule has 1 atom stereocenters. The fourth-order valence-electron chi connectivity index (χ4n) is 2.87. The highest BCUT2D eigenvalue weighted by atomic mass is 16.5. The molecule has 1 fully saturated rings. The Balaban J connectivity index is 2.43. The van der Waals surface area contributed by atoms with Crippen molar-refractivity contribution < 1.29 is 9.53 Å². The van der Waals surface area contributed by atoms with E-state index in [2.05, 4.69) is 24.4 Å². The Kier molecular flexibility index (Phi) is 4.09. The van der Waals surface area contributed by atoms with Crippen molar-refractivity contribution in [2.45, 2.75) is 26.8 Å². The van der Waals surface area contributed by atoms with E-state index in [4.69, 9.17) is 10.1 Å². The van der Waals surface area contributed by atoms with Crippen molar-refractivity contribution in [2.24, 2.45) is 0 Å². The van der Waals surface area contributed by atoms with Crippen molar-refractivity contribution in [1.29, 1.82) is 5.41 Å². The molecule has 2 amide bonds. The van der Waals surface area contributed by atoms with E-state index in [1.165, 1.54) is 5.56 Å². The number of nitrogens with one attached hydrogen (secondary N) is 2. The Morgan fingerprint density at radius 3 is 2.45 bits per heavy atom. The zero-order chi connectivity index (χ0) is 14.9. The van der Waals surface area contributed by atoms with Gasteiger partial charge >= 0.3 is 6.03 Å². The van der Waals surface area contributed by atoms with Crippen LogP contribution >= 0.6 is 0 Å². The molecule has 0 saturated carbocycles. The molecule has 2 rings (SSSR count). The average molecular weight is 275 g/mol. The summed E-state index contributed by atoms with van der Waals surface area (Å²) < 4.78 is 5.06. The van der Waals surface area contributed by atoms with Crippen LogP contribution in [0.1, 0.15) is 28.3 Å². The molecule has 0 radical (unpaired) electrons. The fraction of sp³-hybridized carbons (Fsp3) is 0.467. The predicted octanol–water partition coefficient (Wildman–Crippen LogP) is 2.30. The van der Waals surface area contributed by atoms with E-state index in [-0.39, 0.29) is 17.9 Å². The van der Waals surface area contributed by atoms with E-state index in [0.29, 0.717) is 13.2 Å². The number of methoxy groups -OCH3 is 1. The number of carbonyl (C=O) groups is 1. The number of nitrogens with zero attached hydrogens (tertiary/aromatic N) is 1. The van der Waals surface area contributed by atoms with Crippen molar-refractivity contribution in [3.63, 3.8) is 0 Å². The van der Waals surface area contributed by atoms with Crippen LogP contribution in [-0.2, 0) is 4.74 Å². The fourth-order valence-corrected chi connectivity index (χ4v) is 2.87. The van der Waals surface area contributed by atoms with Gasteiger partial charge in [-0.25, -0.2) is 4.79 Å². The predicted molar refractivity (Wildman–Crippen MR) is 78.2 cm³/mol. The summed E-state index contributed by atoms with van der Waals surface area (Å²) in [4.78, 5) is 13.6. The van der Waals surface area contributed by atoms with E-state index in [0.717, 1.165) is 16.7 Å². The normalized spacial score (nSPS) is 18.6. The van der Waals surface area contributed by atoms with E-state index < -0.39 is 0 Å². The lowest BCUT2D eigenvalue weighted by atomic mass is 9.93. The first-order valence-corrected chi connectivity index (χ1v) is 6.68. The van der Waals surface area contributed by atoms with Crippen LogP contribution in [0, 0.1) is 26.2 Å². The van der Waals surface area contributed by atoms with Crippen molar-refractivity contribution in [3.05, 3.63) is 34.4 Å². The maximum absolute atomic E-state index is 12.0. The number of rotatable bonds is 4. The second-order valence-electron chi connectivity index (χ2n) is 5.24. The van der Waals surface area contributed by atoms with Crippen LogP contribution < -0.4 is 5.32 Å². The topological polar surface area (TPSA) is 65.4 Å². The first-order valence-electron chi connectivity index (χ1n) is 6.68. The maximum Gasteiger partial charge on any atom is 0.323 e. The lowest BCUT2D eigenvalue weighted by molar-refractivity contribution is 0.150. The van der Waals surface area contributed by atoms with Crippen LogP contribution in [0.25, 0.3) is 0 Å². The Hall–Kier alpha value is -1.88. The molecule has 1 heterocycles. The van der Waals surface area contributed by atoms with Gasteiger partial charge in [-0.2, -0.15) is 0 Å². The van der Waals surface area contributed by atoms with Crippen LogP contribution in [0.2, 0.25) is 0 Å². The molecule has 1 unspecified atom stereocenters. The summed E-state index contributed by atoms with van der Waals surface area (Å²) in [6.45, 7) is 7.04. The minimum atomic E-state index is -0.335. The molecule has 108 valence electrons. The molecule has 0 aromatic heterocycles. The van der Waals surface area contributed by atoms with Gasteiger partial charge in [-0.05, 0) is 37.5 Å². The summed E-state index contributed by atoms with van der Waals surface area (Å²) in [6.07, 6.45) is 0. The molecule has 0 bridgehead atoms. The summed E-state index contributed by atoms with van der Waals surface area (Å²) in [5.41, 5.74) is 4.44. The van der Waals surface area contributed by atoms with Crippen molar-refractivity contribution in [3.8, 4) is 0 Å². The Morgan fingerprint density at radius 2 is 1.90 bits per heavy atom. The summed E-state index contributed by atoms with van der Waals surface area (Å²) in [5, 5.41) is 10.7. The van der Waals surface area contributed by atoms with Crippen LogP contribution in [-0.4, -0.2) is 37.0 Å². The quantitative estimate of drug-likeness (QED) is 0.885. The van der Waals surface area contributed by atoms with Gasteiger partial charge in [-0.1, -0.05) is 17.7 Å². The molecular weight excluding hydrogens is 254 g/mol. The number of hydrogen-bond donors (Lipinski definition) is 2. The number of amidine groups is 1. The number of hydrogen-bond acceptors (Lipinski definition) is 3. The first-order chi connectivity index (χ1) is 9.45. The van der Waals surface area contributed by atoms with Gasteiger partial charge in [0, 0.05) is 13.7 Å². The number of benzene rings is 1. The third-order valence-electron chi connectivity index (χ3n) is 3.64. The molecule has 5 heteroatoms. The van der Waals surface area contributed by atoms with Gasteiger partial charge in [-0.15, -0.1) is 0 Å². The monoisotopic (exact) mass is 275 g/mol. The molecule has 1 aliphatic rings. The van der Waals surface area contributed by atoms with Crippen LogP contribution in [0.4, 0.5) is 4.79 Å². The Morgan fingerprint density at radius 1 is 1.30 bits per heavy atom. The minimum Gasteiger partial charge on any atom is -0.383 e. The highest BCUT2D eigenvalue weighted by Crippen LogP contribution is 2.31. The van der Waals surface area contributed by atoms with E-state index in [1.54, 1.807) is 12.0 Å². The number of amides is 2. The number of carbonyl (C=O) groups excluding carboxylic acids is 1. The number of aryl methyl sites for hydroxylation is 3. The number of urea groups is 1. The second kappa shape index (κ2) is 5.63. The van der Waals surface area contributed by atoms with Crippen molar-refractivity contribution >= 4 is 11.9 Å². The largest absolute Gasteiger partial charge is 0.383 e. The van der Waals surface area contributed by atoms with Gasteiger partial charge in [0.1, 0.15) is 11.9 Å². The van der Waals surface area contributed by atoms with Gasteiger partial charge in [0.2, 0.25) is 0 Å². The number of ether oxygens (including phenoxy) is 1. The molecule has 1 aliphatic heterocycles. The second-order valence-corrected chi connectivity index (χ2v) is 5.24. The molecule has 1 saturated heterocycles. The molecule has 1 aromatic rings. The smallest absolute Gasteiger partial charge is 0.323 e. The molecule has 5 nitrogen and oxygen atoms in total. The third kappa shape index (κ3) is 2.54. The van der Waals surface area contributed by atoms with Gasteiger partial charge < -0.3 is 9.64 Å². The molecular formula is C15H21N3O2. The van der Waals surface area contributed by atoms with Gasteiger partial charge in [0.25, 0.3) is 0 Å². The standard InChI is InChI=1S/C15H21N3O2/c1-9-7-10(2)12(11(3)8-9)13-14(16)17-15(19)18(13)5-6-20-4/h7-8,13H,5-6H2,1-4H3,(H2,16,17,19). The first kappa shape index (κ1) is 14.5. The van der Waals surface area contributed by atoms with Crippen molar-refractivity contribution in [2.75, 3.05) is 20.3 Å². The SMILES string of the molecule is COCCN1C(=O)NC(=N)C1c1c(C)cc(C)cc1C. The Bertz CT molecular complexity index is 531. The van der Waals surface area contributed by atoms with Gasteiger partial charge in [-0.3, -0.25) is 10.7 Å². The van der Waals surface area contributed by atoms with Gasteiger partial charge in [0.15, 0.2) is 0 Å². The highest BCUT2D eigenvalue weighted by Gasteiger charge is 2.37. The lowest BCUT2D eigenvalue weighted by Crippen LogP contribution is -2.33. The van der Waals surface area contributed by atoms with E-state index in [9.17, 15) is 4.79 Å². The summed E-state index contributed by atoms with van der Waals surface area (Å²) in [6, 6.07) is 3.62. The zero-order valence-electron chi connectivity index (χ0n) is 12.4. The average Bonchev–Trinajstić information content (AvgIpc) is 2.61. The van der Waals surface area contributed by atoms with Crippen molar-refractivity contribution in [1.82, 2.24) is 10.2 Å². The highest BCUT2D eigenvalue weighted by molar-refractivity contribution is 6.06. The van der Waals surface area contributed by atoms with Crippen LogP contribution in [0.15, 0.2) is 12.1 Å². The maximum atomic E-state index is 12.0. The summed E-state index contributed by atoms with van der Waals surface area (Å²) >= 11 is 0. The van der Waals surface area contributed by atoms with Gasteiger partial charge in [0.05, 0.1) is 6.61 Å². The summed E-state index contributed by atoms with van der Waals surface area (Å²) in [7, 11) is 1.61. The molecule has 0 spiro atoms. The minimum absolute atomic E-state index is 0.226. The molecule has 2 N–H and O–H groups in total. The lowest BCUT2D eigenvalue weighted by Gasteiger charge is -2.25. The molecule has 0 aliphatic carbocycles. The Labute approximate surface area is 119 Å². The molecule has 20 heavy (non-hydrogen) atoms. The zero-order valence-corrected chi connectivity index (χ0v) is 12.4. The van der Waals surface area contributed by atoms with Crippen LogP contribution in [0.3, 0.4) is 0 Å². The van der Waals surface area contributed by atoms with Crippen LogP contribution in [0.5, 0.6) is 0 Å². The molecule has 1 aromatic carbocycles. The van der Waals surface area contributed by atoms with E-state index in [1.807, 2.05) is 13.8 Å².